The van der Waals surface area contributed by atoms with E-state index in [1.807, 2.05) is 68.4 Å². The molecule has 7 nitrogen and oxygen atoms in total. The van der Waals surface area contributed by atoms with Gasteiger partial charge in [-0.05, 0) is 62.6 Å². The zero-order valence-corrected chi connectivity index (χ0v) is 21.3. The number of ether oxygens (including phenoxy) is 1. The van der Waals surface area contributed by atoms with E-state index in [9.17, 15) is 9.59 Å². The van der Waals surface area contributed by atoms with Gasteiger partial charge in [-0.1, -0.05) is 49.1 Å². The number of hydrogen-bond donors (Lipinski definition) is 1. The van der Waals surface area contributed by atoms with Crippen LogP contribution >= 0.6 is 0 Å². The highest BCUT2D eigenvalue weighted by molar-refractivity contribution is 6.00. The zero-order chi connectivity index (χ0) is 25.3. The Balaban J connectivity index is 1.49. The number of benzene rings is 2. The monoisotopic (exact) mass is 486 g/mol. The fraction of sp³-hybridized carbons (Fsp3) is 0.414. The maximum Gasteiger partial charge on any atom is 0.273 e. The van der Waals surface area contributed by atoms with E-state index in [1.165, 1.54) is 6.42 Å². The normalized spacial score (nSPS) is 20.2. The number of carbonyl (C=O) groups excluding carboxylic acids is 2. The molecule has 1 aromatic heterocycles. The van der Waals surface area contributed by atoms with Gasteiger partial charge in [0.15, 0.2) is 0 Å². The summed E-state index contributed by atoms with van der Waals surface area (Å²) < 4.78 is 6.97. The van der Waals surface area contributed by atoms with Crippen LogP contribution in [0.25, 0.3) is 11.3 Å². The van der Waals surface area contributed by atoms with Crippen molar-refractivity contribution in [1.82, 2.24) is 20.0 Å². The van der Waals surface area contributed by atoms with Crippen molar-refractivity contribution in [1.29, 1.82) is 0 Å². The van der Waals surface area contributed by atoms with Crippen LogP contribution in [0.2, 0.25) is 0 Å². The molecule has 0 bridgehead atoms. The average Bonchev–Trinajstić information content (AvgIpc) is 3.32. The fourth-order valence-electron chi connectivity index (χ4n) is 5.26. The molecule has 188 valence electrons. The van der Waals surface area contributed by atoms with Crippen LogP contribution in [-0.4, -0.2) is 45.2 Å². The van der Waals surface area contributed by atoms with Gasteiger partial charge in [0.1, 0.15) is 17.0 Å². The Hall–Kier alpha value is -3.61. The lowest BCUT2D eigenvalue weighted by Crippen LogP contribution is -2.64. The first kappa shape index (κ1) is 24.1. The first-order chi connectivity index (χ1) is 17.4. The molecule has 1 fully saturated rings. The quantitative estimate of drug-likeness (QED) is 0.547. The van der Waals surface area contributed by atoms with Crippen LogP contribution in [0, 0.1) is 6.92 Å². The molecule has 2 aliphatic rings. The molecule has 0 radical (unpaired) electrons. The van der Waals surface area contributed by atoms with Crippen molar-refractivity contribution in [2.24, 2.45) is 0 Å². The highest BCUT2D eigenvalue weighted by Crippen LogP contribution is 2.32. The Bertz CT molecular complexity index is 1240. The largest absolute Gasteiger partial charge is 0.497 e. The summed E-state index contributed by atoms with van der Waals surface area (Å²) in [5.41, 5.74) is 3.18. The molecule has 3 aromatic rings. The van der Waals surface area contributed by atoms with Crippen molar-refractivity contribution < 1.29 is 14.3 Å². The van der Waals surface area contributed by atoms with E-state index in [-0.39, 0.29) is 17.9 Å². The van der Waals surface area contributed by atoms with Crippen LogP contribution < -0.4 is 10.1 Å². The Kier molecular flexibility index (Phi) is 6.56. The third-order valence-corrected chi connectivity index (χ3v) is 7.57. The van der Waals surface area contributed by atoms with E-state index in [0.717, 1.165) is 48.1 Å². The predicted octanol–water partition coefficient (Wildman–Crippen LogP) is 4.73. The predicted molar refractivity (Wildman–Crippen MR) is 139 cm³/mol. The topological polar surface area (TPSA) is 76.5 Å². The molecule has 5 rings (SSSR count). The number of nitrogens with zero attached hydrogens (tertiary/aromatic N) is 3. The Morgan fingerprint density at radius 3 is 2.44 bits per heavy atom. The number of nitrogens with one attached hydrogen (secondary N) is 1. The number of aryl methyl sites for hydroxylation is 1. The van der Waals surface area contributed by atoms with E-state index in [1.54, 1.807) is 16.7 Å². The summed E-state index contributed by atoms with van der Waals surface area (Å²) >= 11 is 0. The van der Waals surface area contributed by atoms with Gasteiger partial charge < -0.3 is 15.0 Å². The summed E-state index contributed by atoms with van der Waals surface area (Å²) in [7, 11) is 1.63. The first-order valence-corrected chi connectivity index (χ1v) is 12.8. The SMILES string of the molecule is COc1ccc(-c2cc3n(n2)C[C@](C)(C(=O)NC2CCCCC2)N(Cc2ccc(C)cc2)C3=O)cc1. The number of rotatable bonds is 6. The first-order valence-electron chi connectivity index (χ1n) is 12.8. The van der Waals surface area contributed by atoms with E-state index < -0.39 is 5.54 Å². The lowest BCUT2D eigenvalue weighted by atomic mass is 9.91. The van der Waals surface area contributed by atoms with E-state index in [4.69, 9.17) is 9.84 Å². The van der Waals surface area contributed by atoms with Crippen molar-refractivity contribution >= 4 is 11.8 Å². The molecule has 0 saturated heterocycles. The van der Waals surface area contributed by atoms with Gasteiger partial charge in [0, 0.05) is 18.2 Å². The number of aromatic nitrogens is 2. The molecule has 1 aliphatic heterocycles. The van der Waals surface area contributed by atoms with Crippen LogP contribution in [0.4, 0.5) is 0 Å². The minimum atomic E-state index is -1.06. The van der Waals surface area contributed by atoms with Crippen LogP contribution in [-0.2, 0) is 17.9 Å². The van der Waals surface area contributed by atoms with Gasteiger partial charge in [0.05, 0.1) is 19.3 Å². The van der Waals surface area contributed by atoms with Crippen LogP contribution in [0.3, 0.4) is 0 Å². The lowest BCUT2D eigenvalue weighted by molar-refractivity contribution is -0.134. The smallest absolute Gasteiger partial charge is 0.273 e. The van der Waals surface area contributed by atoms with E-state index >= 15 is 0 Å². The van der Waals surface area contributed by atoms with Crippen molar-refractivity contribution in [2.75, 3.05) is 7.11 Å². The van der Waals surface area contributed by atoms with Crippen LogP contribution in [0.15, 0.2) is 54.6 Å². The highest BCUT2D eigenvalue weighted by atomic mass is 16.5. The molecule has 0 unspecified atom stereocenters. The average molecular weight is 487 g/mol. The number of carbonyl (C=O) groups is 2. The number of hydrogen-bond acceptors (Lipinski definition) is 4. The van der Waals surface area contributed by atoms with Gasteiger partial charge in [-0.3, -0.25) is 14.3 Å². The van der Waals surface area contributed by atoms with Gasteiger partial charge in [-0.2, -0.15) is 5.10 Å². The zero-order valence-electron chi connectivity index (χ0n) is 21.3. The molecule has 0 spiro atoms. The summed E-state index contributed by atoms with van der Waals surface area (Å²) in [5.74, 6) is 0.465. The van der Waals surface area contributed by atoms with Gasteiger partial charge in [-0.15, -0.1) is 0 Å². The van der Waals surface area contributed by atoms with Crippen molar-refractivity contribution in [3.8, 4) is 17.0 Å². The second kappa shape index (κ2) is 9.80. The molecule has 7 heteroatoms. The Labute approximate surface area is 212 Å². The van der Waals surface area contributed by atoms with Gasteiger partial charge in [-0.25, -0.2) is 0 Å². The summed E-state index contributed by atoms with van der Waals surface area (Å²) in [6, 6.07) is 17.7. The van der Waals surface area contributed by atoms with Gasteiger partial charge in [0.2, 0.25) is 5.91 Å². The molecular weight excluding hydrogens is 452 g/mol. The standard InChI is InChI=1S/C29H34N4O3/c1-20-9-11-21(12-10-20)18-32-27(34)26-17-25(22-13-15-24(36-3)16-14-22)31-33(26)19-29(32,2)28(35)30-23-7-5-4-6-8-23/h9-17,23H,4-8,18-19H2,1-3H3,(H,30,35)/t29-/m1/s1. The third-order valence-electron chi connectivity index (χ3n) is 7.57. The maximum absolute atomic E-state index is 13.9. The Morgan fingerprint density at radius 2 is 1.78 bits per heavy atom. The van der Waals surface area contributed by atoms with Crippen LogP contribution in [0.1, 0.15) is 60.6 Å². The van der Waals surface area contributed by atoms with Crippen molar-refractivity contribution in [3.63, 3.8) is 0 Å². The number of fused-ring (bicyclic) bond motifs is 1. The summed E-state index contributed by atoms with van der Waals surface area (Å²) in [4.78, 5) is 29.4. The van der Waals surface area contributed by atoms with Crippen LogP contribution in [0.5, 0.6) is 5.75 Å². The molecule has 1 N–H and O–H groups in total. The molecular formula is C29H34N4O3. The lowest BCUT2D eigenvalue weighted by Gasteiger charge is -2.44. The molecule has 1 atom stereocenters. The second-order valence-corrected chi connectivity index (χ2v) is 10.3. The van der Waals surface area contributed by atoms with Crippen molar-refractivity contribution in [2.45, 2.75) is 70.6 Å². The highest BCUT2D eigenvalue weighted by Gasteiger charge is 2.48. The van der Waals surface area contributed by atoms with E-state index in [2.05, 4.69) is 5.32 Å². The minimum absolute atomic E-state index is 0.109. The summed E-state index contributed by atoms with van der Waals surface area (Å²) in [6.45, 7) is 4.57. The minimum Gasteiger partial charge on any atom is -0.497 e. The molecule has 2 aromatic carbocycles. The maximum atomic E-state index is 13.9. The van der Waals surface area contributed by atoms with Gasteiger partial charge >= 0.3 is 0 Å². The molecule has 2 heterocycles. The molecule has 1 saturated carbocycles. The third kappa shape index (κ3) is 4.62. The van der Waals surface area contributed by atoms with Crippen molar-refractivity contribution in [3.05, 3.63) is 71.4 Å². The second-order valence-electron chi connectivity index (χ2n) is 10.3. The van der Waals surface area contributed by atoms with E-state index in [0.29, 0.717) is 24.5 Å². The Morgan fingerprint density at radius 1 is 1.08 bits per heavy atom. The molecule has 36 heavy (non-hydrogen) atoms. The summed E-state index contributed by atoms with van der Waals surface area (Å²) in [6.07, 6.45) is 5.45. The molecule has 1 aliphatic carbocycles. The fourth-order valence-corrected chi connectivity index (χ4v) is 5.26. The summed E-state index contributed by atoms with van der Waals surface area (Å²) in [5, 5.41) is 8.02. The molecule has 2 amide bonds. The number of methoxy groups -OCH3 is 1. The number of amides is 2. The van der Waals surface area contributed by atoms with Gasteiger partial charge in [0.25, 0.3) is 5.91 Å².